The predicted octanol–water partition coefficient (Wildman–Crippen LogP) is 3.07. The van der Waals surface area contributed by atoms with Crippen molar-refractivity contribution in [3.8, 4) is 5.69 Å². The topological polar surface area (TPSA) is 38.1 Å². The Morgan fingerprint density at radius 3 is 2.74 bits per heavy atom. The second-order valence-corrected chi connectivity index (χ2v) is 7.49. The molecule has 1 aromatic heterocycles. The van der Waals surface area contributed by atoms with Crippen molar-refractivity contribution in [1.29, 1.82) is 0 Å². The molecule has 1 aliphatic rings. The van der Waals surface area contributed by atoms with Gasteiger partial charge in [-0.2, -0.15) is 5.10 Å². The molecule has 0 N–H and O–H groups in total. The third-order valence-electron chi connectivity index (χ3n) is 4.27. The Morgan fingerprint density at radius 2 is 2.04 bits per heavy atom. The second kappa shape index (κ2) is 6.79. The van der Waals surface area contributed by atoms with Gasteiger partial charge in [0.05, 0.1) is 16.6 Å². The predicted molar refractivity (Wildman–Crippen MR) is 95.0 cm³/mol. The minimum Gasteiger partial charge on any atom is -0.348 e. The van der Waals surface area contributed by atoms with E-state index in [0.717, 1.165) is 30.0 Å². The van der Waals surface area contributed by atoms with Crippen molar-refractivity contribution in [3.63, 3.8) is 0 Å². The van der Waals surface area contributed by atoms with Gasteiger partial charge < -0.3 is 4.90 Å². The molecule has 23 heavy (non-hydrogen) atoms. The van der Waals surface area contributed by atoms with E-state index in [0.29, 0.717) is 0 Å². The van der Waals surface area contributed by atoms with Gasteiger partial charge >= 0.3 is 0 Å². The van der Waals surface area contributed by atoms with Crippen LogP contribution < -0.4 is 0 Å². The summed E-state index contributed by atoms with van der Waals surface area (Å²) in [5.41, 5.74) is 5.01. The maximum Gasteiger partial charge on any atom is 0.234 e. The van der Waals surface area contributed by atoms with E-state index in [9.17, 15) is 4.79 Å². The summed E-state index contributed by atoms with van der Waals surface area (Å²) >= 11 is 1.67. The number of hydrogen-bond donors (Lipinski definition) is 0. The monoisotopic (exact) mass is 329 g/mol. The van der Waals surface area contributed by atoms with Gasteiger partial charge in [-0.3, -0.25) is 4.79 Å². The molecular weight excluding hydrogens is 306 g/mol. The van der Waals surface area contributed by atoms with Crippen LogP contribution in [0.1, 0.15) is 30.3 Å². The Bertz CT molecular complexity index is 694. The van der Waals surface area contributed by atoms with E-state index in [1.54, 1.807) is 30.8 Å². The zero-order valence-corrected chi connectivity index (χ0v) is 14.8. The molecular formula is C18H23N3OS. The summed E-state index contributed by atoms with van der Waals surface area (Å²) in [6.45, 7) is 1.97. The van der Waals surface area contributed by atoms with E-state index in [2.05, 4.69) is 16.8 Å². The molecule has 1 amide bonds. The first-order valence-electron chi connectivity index (χ1n) is 8.05. The van der Waals surface area contributed by atoms with E-state index in [1.165, 1.54) is 17.7 Å². The number of carbonyl (C=O) groups excluding carboxylic acids is 1. The molecule has 0 aliphatic heterocycles. The highest BCUT2D eigenvalue weighted by molar-refractivity contribution is 7.99. The van der Waals surface area contributed by atoms with Gasteiger partial charge in [0.15, 0.2) is 0 Å². The molecule has 1 atom stereocenters. The van der Waals surface area contributed by atoms with E-state index in [1.807, 2.05) is 25.1 Å². The van der Waals surface area contributed by atoms with Crippen LogP contribution in [0, 0.1) is 0 Å². The highest BCUT2D eigenvalue weighted by Crippen LogP contribution is 2.30. The second-order valence-electron chi connectivity index (χ2n) is 6.16. The summed E-state index contributed by atoms with van der Waals surface area (Å²) in [5.74, 6) is 0.956. The van der Waals surface area contributed by atoms with Gasteiger partial charge in [-0.25, -0.2) is 4.68 Å². The normalized spacial score (nSPS) is 14.6. The maximum absolute atomic E-state index is 12.0. The molecule has 0 saturated carbocycles. The van der Waals surface area contributed by atoms with Gasteiger partial charge in [-0.1, -0.05) is 18.2 Å². The van der Waals surface area contributed by atoms with Crippen molar-refractivity contribution in [1.82, 2.24) is 14.7 Å². The minimum absolute atomic E-state index is 0.0380. The molecule has 1 heterocycles. The molecule has 1 aromatic carbocycles. The Balaban J connectivity index is 1.80. The number of benzene rings is 1. The van der Waals surface area contributed by atoms with Crippen LogP contribution in [0.4, 0.5) is 0 Å². The van der Waals surface area contributed by atoms with E-state index < -0.39 is 0 Å². The van der Waals surface area contributed by atoms with Crippen molar-refractivity contribution in [2.75, 3.05) is 14.1 Å². The first-order valence-corrected chi connectivity index (χ1v) is 9.10. The van der Waals surface area contributed by atoms with Crippen molar-refractivity contribution < 1.29 is 4.79 Å². The fraction of sp³-hybridized carbons (Fsp3) is 0.444. The van der Waals surface area contributed by atoms with Crippen molar-refractivity contribution in [2.24, 2.45) is 0 Å². The van der Waals surface area contributed by atoms with Gasteiger partial charge in [-0.15, -0.1) is 11.8 Å². The van der Waals surface area contributed by atoms with Crippen molar-refractivity contribution >= 4 is 17.7 Å². The third-order valence-corrected chi connectivity index (χ3v) is 5.41. The number of nitrogens with zero attached hydrogens (tertiary/aromatic N) is 3. The standard InChI is InChI=1S/C18H23N3OS/c1-13(18(22)20(2)3)23-12-16-15-10-7-11-17(15)21(19-16)14-8-5-4-6-9-14/h4-6,8-9,13H,7,10-12H2,1-3H3. The Hall–Kier alpha value is -1.75. The number of amides is 1. The molecule has 0 fully saturated rings. The van der Waals surface area contributed by atoms with Crippen LogP contribution in [0.3, 0.4) is 0 Å². The zero-order valence-electron chi connectivity index (χ0n) is 14.0. The number of aromatic nitrogens is 2. The van der Waals surface area contributed by atoms with E-state index in [4.69, 9.17) is 5.10 Å². The first-order chi connectivity index (χ1) is 11.1. The lowest BCUT2D eigenvalue weighted by atomic mass is 10.2. The van der Waals surface area contributed by atoms with Gasteiger partial charge in [0.1, 0.15) is 0 Å². The number of rotatable bonds is 5. The summed E-state index contributed by atoms with van der Waals surface area (Å²) < 4.78 is 2.09. The van der Waals surface area contributed by atoms with Crippen LogP contribution in [0.5, 0.6) is 0 Å². The van der Waals surface area contributed by atoms with Crippen LogP contribution >= 0.6 is 11.8 Å². The third kappa shape index (κ3) is 3.29. The minimum atomic E-state index is -0.0380. The molecule has 2 aromatic rings. The molecule has 122 valence electrons. The molecule has 3 rings (SSSR count). The fourth-order valence-corrected chi connectivity index (χ4v) is 4.04. The maximum atomic E-state index is 12.0. The van der Waals surface area contributed by atoms with Crippen LogP contribution in [-0.4, -0.2) is 39.9 Å². The molecule has 0 bridgehead atoms. The van der Waals surface area contributed by atoms with E-state index in [-0.39, 0.29) is 11.2 Å². The summed E-state index contributed by atoms with van der Waals surface area (Å²) in [4.78, 5) is 13.7. The van der Waals surface area contributed by atoms with Crippen LogP contribution in [-0.2, 0) is 23.4 Å². The average molecular weight is 329 g/mol. The first kappa shape index (κ1) is 16.1. The highest BCUT2D eigenvalue weighted by atomic mass is 32.2. The number of hydrogen-bond acceptors (Lipinski definition) is 3. The fourth-order valence-electron chi connectivity index (χ4n) is 3.05. The largest absolute Gasteiger partial charge is 0.348 e. The molecule has 4 nitrogen and oxygen atoms in total. The van der Waals surface area contributed by atoms with E-state index >= 15 is 0 Å². The quantitative estimate of drug-likeness (QED) is 0.846. The van der Waals surface area contributed by atoms with Crippen molar-refractivity contribution in [3.05, 3.63) is 47.3 Å². The number of fused-ring (bicyclic) bond motifs is 1. The van der Waals surface area contributed by atoms with Crippen LogP contribution in [0.2, 0.25) is 0 Å². The van der Waals surface area contributed by atoms with Crippen LogP contribution in [0.15, 0.2) is 30.3 Å². The SMILES string of the molecule is CC(SCc1nn(-c2ccccc2)c2c1CCC2)C(=O)N(C)C. The summed E-state index contributed by atoms with van der Waals surface area (Å²) in [7, 11) is 3.61. The van der Waals surface area contributed by atoms with Gasteiger partial charge in [-0.05, 0) is 43.9 Å². The summed E-state index contributed by atoms with van der Waals surface area (Å²) in [6, 6.07) is 10.3. The molecule has 0 saturated heterocycles. The van der Waals surface area contributed by atoms with Gasteiger partial charge in [0.2, 0.25) is 5.91 Å². The summed E-state index contributed by atoms with van der Waals surface area (Å²) in [6.07, 6.45) is 3.39. The lowest BCUT2D eigenvalue weighted by Gasteiger charge is -2.16. The Labute approximate surface area is 141 Å². The molecule has 1 aliphatic carbocycles. The number of para-hydroxylation sites is 1. The molecule has 5 heteroatoms. The van der Waals surface area contributed by atoms with Crippen LogP contribution in [0.25, 0.3) is 5.69 Å². The zero-order chi connectivity index (χ0) is 16.4. The van der Waals surface area contributed by atoms with Gasteiger partial charge in [0, 0.05) is 25.5 Å². The average Bonchev–Trinajstić information content (AvgIpc) is 3.15. The number of carbonyl (C=O) groups is 1. The van der Waals surface area contributed by atoms with Crippen molar-refractivity contribution in [2.45, 2.75) is 37.2 Å². The molecule has 0 radical (unpaired) electrons. The Morgan fingerprint density at radius 1 is 1.30 bits per heavy atom. The Kier molecular flexibility index (Phi) is 4.76. The number of thioether (sulfide) groups is 1. The molecule has 0 spiro atoms. The highest BCUT2D eigenvalue weighted by Gasteiger charge is 2.24. The smallest absolute Gasteiger partial charge is 0.234 e. The van der Waals surface area contributed by atoms with Gasteiger partial charge in [0.25, 0.3) is 0 Å². The summed E-state index contributed by atoms with van der Waals surface area (Å²) in [5, 5.41) is 4.81. The molecule has 1 unspecified atom stereocenters. The lowest BCUT2D eigenvalue weighted by Crippen LogP contribution is -2.29. The lowest BCUT2D eigenvalue weighted by molar-refractivity contribution is -0.127.